The summed E-state index contributed by atoms with van der Waals surface area (Å²) in [5, 5.41) is 2.62. The number of hydrogen-bond acceptors (Lipinski definition) is 3. The molecule has 0 rings (SSSR count). The lowest BCUT2D eigenvalue weighted by molar-refractivity contribution is -0.128. The highest BCUT2D eigenvalue weighted by molar-refractivity contribution is 5.86. The van der Waals surface area contributed by atoms with Gasteiger partial charge < -0.3 is 16.8 Å². The molecule has 1 atom stereocenters. The molecule has 0 radical (unpaired) electrons. The van der Waals surface area contributed by atoms with Gasteiger partial charge in [-0.25, -0.2) is 0 Å². The third-order valence-electron chi connectivity index (χ3n) is 2.15. The monoisotopic (exact) mass is 215 g/mol. The van der Waals surface area contributed by atoms with Crippen LogP contribution >= 0.6 is 0 Å². The molecular weight excluding hydrogens is 194 g/mol. The first-order chi connectivity index (χ1) is 6.99. The number of hydrogen-bond donors (Lipinski definition) is 3. The molecule has 0 saturated carbocycles. The summed E-state index contributed by atoms with van der Waals surface area (Å²) < 4.78 is 0. The summed E-state index contributed by atoms with van der Waals surface area (Å²) in [5.74, 6) is -0.612. The van der Waals surface area contributed by atoms with Crippen molar-refractivity contribution in [3.8, 4) is 0 Å². The number of carbonyl (C=O) groups is 2. The minimum absolute atomic E-state index is 0.0148. The van der Waals surface area contributed by atoms with Gasteiger partial charge in [-0.15, -0.1) is 0 Å². The van der Waals surface area contributed by atoms with Gasteiger partial charge in [0, 0.05) is 6.42 Å². The summed E-state index contributed by atoms with van der Waals surface area (Å²) in [7, 11) is 0. The van der Waals surface area contributed by atoms with Crippen LogP contribution in [0.15, 0.2) is 0 Å². The van der Waals surface area contributed by atoms with E-state index in [4.69, 9.17) is 11.5 Å². The molecule has 5 nitrogen and oxygen atoms in total. The fourth-order valence-corrected chi connectivity index (χ4v) is 1.24. The van der Waals surface area contributed by atoms with Crippen LogP contribution in [-0.4, -0.2) is 24.4 Å². The maximum absolute atomic E-state index is 11.4. The Kier molecular flexibility index (Phi) is 6.70. The van der Waals surface area contributed by atoms with Crippen LogP contribution < -0.4 is 16.8 Å². The molecule has 1 unspecified atom stereocenters. The highest BCUT2D eigenvalue weighted by Crippen LogP contribution is 2.02. The normalized spacial score (nSPS) is 12.5. The molecule has 15 heavy (non-hydrogen) atoms. The lowest BCUT2D eigenvalue weighted by Crippen LogP contribution is -2.47. The molecule has 0 spiro atoms. The molecule has 5 N–H and O–H groups in total. The van der Waals surface area contributed by atoms with Gasteiger partial charge in [-0.05, 0) is 25.3 Å². The van der Waals surface area contributed by atoms with E-state index in [9.17, 15) is 9.59 Å². The van der Waals surface area contributed by atoms with Crippen LogP contribution in [-0.2, 0) is 9.59 Å². The Hall–Kier alpha value is -1.10. The maximum atomic E-state index is 11.4. The Morgan fingerprint density at radius 3 is 2.27 bits per heavy atom. The third kappa shape index (κ3) is 6.06. The smallest absolute Gasteiger partial charge is 0.240 e. The Morgan fingerprint density at radius 2 is 1.87 bits per heavy atom. The second-order valence-electron chi connectivity index (χ2n) is 3.94. The van der Waals surface area contributed by atoms with Crippen LogP contribution in [0.25, 0.3) is 0 Å². The van der Waals surface area contributed by atoms with Crippen LogP contribution in [0, 0.1) is 5.92 Å². The number of carbonyl (C=O) groups excluding carboxylic acids is 2. The van der Waals surface area contributed by atoms with Gasteiger partial charge in [-0.3, -0.25) is 9.59 Å². The molecule has 5 heteroatoms. The second kappa shape index (κ2) is 7.23. The minimum atomic E-state index is -0.574. The molecule has 0 aromatic rings. The van der Waals surface area contributed by atoms with Crippen molar-refractivity contribution in [2.45, 2.75) is 39.2 Å². The standard InChI is InChI=1S/C10H21N3O2/c1-7(2)9(10(12)15)13-8(14)5-3-4-6-11/h7,9H,3-6,11H2,1-2H3,(H2,12,15)(H,13,14). The number of nitrogens with two attached hydrogens (primary N) is 2. The van der Waals surface area contributed by atoms with Crippen molar-refractivity contribution in [2.75, 3.05) is 6.54 Å². The van der Waals surface area contributed by atoms with Gasteiger partial charge >= 0.3 is 0 Å². The van der Waals surface area contributed by atoms with E-state index in [-0.39, 0.29) is 11.8 Å². The number of rotatable bonds is 7. The van der Waals surface area contributed by atoms with Gasteiger partial charge in [0.25, 0.3) is 0 Å². The predicted molar refractivity (Wildman–Crippen MR) is 58.9 cm³/mol. The van der Waals surface area contributed by atoms with E-state index in [1.807, 2.05) is 13.8 Å². The van der Waals surface area contributed by atoms with Crippen LogP contribution in [0.3, 0.4) is 0 Å². The van der Waals surface area contributed by atoms with Crippen molar-refractivity contribution in [1.82, 2.24) is 5.32 Å². The first-order valence-electron chi connectivity index (χ1n) is 5.27. The largest absolute Gasteiger partial charge is 0.368 e. The first kappa shape index (κ1) is 13.9. The second-order valence-corrected chi connectivity index (χ2v) is 3.94. The highest BCUT2D eigenvalue weighted by atomic mass is 16.2. The van der Waals surface area contributed by atoms with E-state index in [0.29, 0.717) is 13.0 Å². The molecule has 0 fully saturated rings. The van der Waals surface area contributed by atoms with Gasteiger partial charge in [0.05, 0.1) is 0 Å². The van der Waals surface area contributed by atoms with E-state index in [1.54, 1.807) is 0 Å². The molecule has 0 heterocycles. The molecule has 0 aromatic heterocycles. The van der Waals surface area contributed by atoms with E-state index in [0.717, 1.165) is 12.8 Å². The van der Waals surface area contributed by atoms with Gasteiger partial charge in [0.2, 0.25) is 11.8 Å². The van der Waals surface area contributed by atoms with Crippen molar-refractivity contribution in [3.05, 3.63) is 0 Å². The summed E-state index contributed by atoms with van der Waals surface area (Å²) in [4.78, 5) is 22.4. The Labute approximate surface area is 90.6 Å². The fraction of sp³-hybridized carbons (Fsp3) is 0.800. The molecule has 2 amide bonds. The quantitative estimate of drug-likeness (QED) is 0.510. The lowest BCUT2D eigenvalue weighted by atomic mass is 10.0. The SMILES string of the molecule is CC(C)C(NC(=O)CCCCN)C(N)=O. The molecule has 0 aromatic carbocycles. The van der Waals surface area contributed by atoms with Gasteiger partial charge in [-0.2, -0.15) is 0 Å². The number of nitrogens with one attached hydrogen (secondary N) is 1. The summed E-state index contributed by atoms with van der Waals surface area (Å²) in [6, 6.07) is -0.574. The molecular formula is C10H21N3O2. The molecule has 0 aliphatic carbocycles. The zero-order valence-corrected chi connectivity index (χ0v) is 9.45. The Balaban J connectivity index is 3.95. The van der Waals surface area contributed by atoms with Crippen LogP contribution in [0.5, 0.6) is 0 Å². The molecule has 0 saturated heterocycles. The van der Waals surface area contributed by atoms with Crippen LogP contribution in [0.1, 0.15) is 33.1 Å². The van der Waals surface area contributed by atoms with Crippen molar-refractivity contribution in [3.63, 3.8) is 0 Å². The van der Waals surface area contributed by atoms with E-state index in [2.05, 4.69) is 5.32 Å². The lowest BCUT2D eigenvalue weighted by Gasteiger charge is -2.18. The number of amides is 2. The average Bonchev–Trinajstić information content (AvgIpc) is 2.13. The molecule has 0 aliphatic heterocycles. The van der Waals surface area contributed by atoms with Gasteiger partial charge in [-0.1, -0.05) is 13.8 Å². The van der Waals surface area contributed by atoms with Crippen molar-refractivity contribution < 1.29 is 9.59 Å². The highest BCUT2D eigenvalue weighted by Gasteiger charge is 2.20. The third-order valence-corrected chi connectivity index (χ3v) is 2.15. The summed E-state index contributed by atoms with van der Waals surface area (Å²) in [6.45, 7) is 4.27. The van der Waals surface area contributed by atoms with Gasteiger partial charge in [0.15, 0.2) is 0 Å². The topological polar surface area (TPSA) is 98.2 Å². The first-order valence-corrected chi connectivity index (χ1v) is 5.27. The van der Waals surface area contributed by atoms with E-state index in [1.165, 1.54) is 0 Å². The number of unbranched alkanes of at least 4 members (excludes halogenated alkanes) is 1. The molecule has 0 aliphatic rings. The average molecular weight is 215 g/mol. The zero-order chi connectivity index (χ0) is 11.8. The Morgan fingerprint density at radius 1 is 1.27 bits per heavy atom. The van der Waals surface area contributed by atoms with Crippen LogP contribution in [0.4, 0.5) is 0 Å². The van der Waals surface area contributed by atoms with Crippen molar-refractivity contribution in [1.29, 1.82) is 0 Å². The molecule has 88 valence electrons. The Bertz CT molecular complexity index is 217. The predicted octanol–water partition coefficient (Wildman–Crippen LogP) is -0.258. The van der Waals surface area contributed by atoms with Gasteiger partial charge in [0.1, 0.15) is 6.04 Å². The summed E-state index contributed by atoms with van der Waals surface area (Å²) in [6.07, 6.45) is 1.95. The summed E-state index contributed by atoms with van der Waals surface area (Å²) in [5.41, 5.74) is 10.5. The van der Waals surface area contributed by atoms with E-state index < -0.39 is 11.9 Å². The maximum Gasteiger partial charge on any atom is 0.240 e. The molecule has 0 bridgehead atoms. The summed E-state index contributed by atoms with van der Waals surface area (Å²) >= 11 is 0. The fourth-order valence-electron chi connectivity index (χ4n) is 1.24. The number of primary amides is 1. The zero-order valence-electron chi connectivity index (χ0n) is 9.45. The van der Waals surface area contributed by atoms with Crippen LogP contribution in [0.2, 0.25) is 0 Å². The van der Waals surface area contributed by atoms with E-state index >= 15 is 0 Å². The minimum Gasteiger partial charge on any atom is -0.368 e. The van der Waals surface area contributed by atoms with Crippen molar-refractivity contribution >= 4 is 11.8 Å². The van der Waals surface area contributed by atoms with Crippen molar-refractivity contribution in [2.24, 2.45) is 17.4 Å².